The van der Waals surface area contributed by atoms with E-state index in [2.05, 4.69) is 6.07 Å². The zero-order valence-corrected chi connectivity index (χ0v) is 11.5. The van der Waals surface area contributed by atoms with Gasteiger partial charge in [0.15, 0.2) is 0 Å². The maximum atomic E-state index is 11.2. The maximum Gasteiger partial charge on any atom is 0.308 e. The molecule has 0 saturated carbocycles. The second kappa shape index (κ2) is 6.53. The van der Waals surface area contributed by atoms with Crippen molar-refractivity contribution in [3.63, 3.8) is 0 Å². The first-order chi connectivity index (χ1) is 9.61. The van der Waals surface area contributed by atoms with E-state index >= 15 is 0 Å². The molecule has 1 heterocycles. The van der Waals surface area contributed by atoms with Gasteiger partial charge in [-0.25, -0.2) is 0 Å². The number of benzene rings is 1. The van der Waals surface area contributed by atoms with Crippen molar-refractivity contribution >= 4 is 5.97 Å². The van der Waals surface area contributed by atoms with Crippen LogP contribution < -0.4 is 0 Å². The van der Waals surface area contributed by atoms with Crippen LogP contribution in [0.15, 0.2) is 24.3 Å². The van der Waals surface area contributed by atoms with Gasteiger partial charge in [0.05, 0.1) is 30.3 Å². The van der Waals surface area contributed by atoms with Crippen LogP contribution >= 0.6 is 0 Å². The summed E-state index contributed by atoms with van der Waals surface area (Å²) in [5, 5.41) is 19.0. The lowest BCUT2D eigenvalue weighted by molar-refractivity contribution is -0.160. The molecule has 1 aliphatic heterocycles. The summed E-state index contributed by atoms with van der Waals surface area (Å²) in [4.78, 5) is 11.2. The van der Waals surface area contributed by atoms with E-state index in [1.807, 2.05) is 24.3 Å². The van der Waals surface area contributed by atoms with Crippen LogP contribution in [0.2, 0.25) is 0 Å². The Morgan fingerprint density at radius 1 is 1.30 bits per heavy atom. The summed E-state index contributed by atoms with van der Waals surface area (Å²) >= 11 is 0. The average molecular weight is 273 g/mol. The third-order valence-electron chi connectivity index (χ3n) is 3.74. The highest BCUT2D eigenvalue weighted by Gasteiger charge is 2.33. The molecule has 0 spiro atoms. The lowest BCUT2D eigenvalue weighted by Crippen LogP contribution is -2.38. The highest BCUT2D eigenvalue weighted by atomic mass is 16.5. The lowest BCUT2D eigenvalue weighted by atomic mass is 9.88. The average Bonchev–Trinajstić information content (AvgIpc) is 2.44. The zero-order chi connectivity index (χ0) is 14.4. The molecule has 0 radical (unpaired) electrons. The molecule has 1 saturated heterocycles. The third-order valence-corrected chi connectivity index (χ3v) is 3.74. The quantitative estimate of drug-likeness (QED) is 0.660. The van der Waals surface area contributed by atoms with Crippen LogP contribution in [0.4, 0.5) is 0 Å². The van der Waals surface area contributed by atoms with E-state index in [0.29, 0.717) is 25.0 Å². The molecule has 20 heavy (non-hydrogen) atoms. The van der Waals surface area contributed by atoms with E-state index in [0.717, 1.165) is 19.3 Å². The molecular weight excluding hydrogens is 254 g/mol. The van der Waals surface area contributed by atoms with Gasteiger partial charge in [-0.05, 0) is 37.0 Å². The van der Waals surface area contributed by atoms with Gasteiger partial charge in [-0.3, -0.25) is 4.79 Å². The van der Waals surface area contributed by atoms with E-state index < -0.39 is 5.60 Å². The van der Waals surface area contributed by atoms with Crippen LogP contribution in [-0.2, 0) is 16.0 Å². The molecule has 4 nitrogen and oxygen atoms in total. The standard InChI is InChI=1S/C16H19NO3/c17-12-14-6-4-13(5-7-14)3-1-2-8-16(19)9-10-20-15(18)11-16/h4-7,19H,1-3,8-11H2. The maximum absolute atomic E-state index is 11.2. The van der Waals surface area contributed by atoms with Gasteiger partial charge in [0.2, 0.25) is 0 Å². The van der Waals surface area contributed by atoms with Gasteiger partial charge in [0, 0.05) is 6.42 Å². The van der Waals surface area contributed by atoms with Gasteiger partial charge in [-0.1, -0.05) is 18.6 Å². The fraction of sp³-hybridized carbons (Fsp3) is 0.500. The molecule has 1 aromatic carbocycles. The Morgan fingerprint density at radius 2 is 2.05 bits per heavy atom. The Kier molecular flexibility index (Phi) is 4.75. The van der Waals surface area contributed by atoms with Gasteiger partial charge >= 0.3 is 5.97 Å². The number of esters is 1. The Balaban J connectivity index is 1.73. The molecule has 1 fully saturated rings. The number of carbonyl (C=O) groups excluding carboxylic acids is 1. The highest BCUT2D eigenvalue weighted by Crippen LogP contribution is 2.27. The molecule has 4 heteroatoms. The Bertz CT molecular complexity index is 503. The van der Waals surface area contributed by atoms with E-state index in [-0.39, 0.29) is 12.4 Å². The normalized spacial score (nSPS) is 22.1. The van der Waals surface area contributed by atoms with Crippen molar-refractivity contribution < 1.29 is 14.6 Å². The molecule has 106 valence electrons. The molecule has 1 atom stereocenters. The first-order valence-electron chi connectivity index (χ1n) is 6.98. The number of carbonyl (C=O) groups is 1. The van der Waals surface area contributed by atoms with Crippen molar-refractivity contribution in [1.82, 2.24) is 0 Å². The smallest absolute Gasteiger partial charge is 0.308 e. The number of ether oxygens (including phenoxy) is 1. The molecular formula is C16H19NO3. The molecule has 0 bridgehead atoms. The van der Waals surface area contributed by atoms with Crippen LogP contribution in [-0.4, -0.2) is 23.3 Å². The van der Waals surface area contributed by atoms with Gasteiger partial charge in [-0.2, -0.15) is 5.26 Å². The second-order valence-electron chi connectivity index (χ2n) is 5.39. The molecule has 1 unspecified atom stereocenters. The fourth-order valence-electron chi connectivity index (χ4n) is 2.51. The lowest BCUT2D eigenvalue weighted by Gasteiger charge is -2.30. The van der Waals surface area contributed by atoms with E-state index in [9.17, 15) is 9.90 Å². The number of cyclic esters (lactones) is 1. The van der Waals surface area contributed by atoms with Crippen molar-refractivity contribution in [2.24, 2.45) is 0 Å². The summed E-state index contributed by atoms with van der Waals surface area (Å²) in [5.74, 6) is -0.300. The Hall–Kier alpha value is -1.86. The topological polar surface area (TPSA) is 70.3 Å². The van der Waals surface area contributed by atoms with E-state index in [1.165, 1.54) is 5.56 Å². The first-order valence-corrected chi connectivity index (χ1v) is 6.98. The molecule has 0 aromatic heterocycles. The van der Waals surface area contributed by atoms with Crippen molar-refractivity contribution in [3.8, 4) is 6.07 Å². The minimum absolute atomic E-state index is 0.115. The summed E-state index contributed by atoms with van der Waals surface area (Å²) in [6.45, 7) is 0.324. The SMILES string of the molecule is N#Cc1ccc(CCCCC2(O)CCOC(=O)C2)cc1. The number of hydrogen-bond donors (Lipinski definition) is 1. The number of unbranched alkanes of at least 4 members (excludes halogenated alkanes) is 1. The largest absolute Gasteiger partial charge is 0.465 e. The molecule has 1 aliphatic rings. The number of hydrogen-bond acceptors (Lipinski definition) is 4. The Labute approximate surface area is 119 Å². The molecule has 1 N–H and O–H groups in total. The predicted octanol–water partition coefficient (Wildman–Crippen LogP) is 2.34. The number of nitriles is 1. The summed E-state index contributed by atoms with van der Waals surface area (Å²) in [5.41, 5.74) is 0.989. The molecule has 1 aromatic rings. The number of nitrogens with zero attached hydrogens (tertiary/aromatic N) is 1. The second-order valence-corrected chi connectivity index (χ2v) is 5.39. The highest BCUT2D eigenvalue weighted by molar-refractivity contribution is 5.71. The molecule has 0 aliphatic carbocycles. The van der Waals surface area contributed by atoms with Crippen molar-refractivity contribution in [1.29, 1.82) is 5.26 Å². The molecule has 0 amide bonds. The summed E-state index contributed by atoms with van der Waals surface area (Å²) < 4.78 is 4.85. The number of aryl methyl sites for hydroxylation is 1. The number of rotatable bonds is 5. The van der Waals surface area contributed by atoms with Crippen LogP contribution in [0.25, 0.3) is 0 Å². The van der Waals surface area contributed by atoms with Crippen LogP contribution in [0, 0.1) is 11.3 Å². The first kappa shape index (κ1) is 14.5. The van der Waals surface area contributed by atoms with Crippen LogP contribution in [0.1, 0.15) is 43.2 Å². The van der Waals surface area contributed by atoms with Crippen molar-refractivity contribution in [2.75, 3.05) is 6.61 Å². The monoisotopic (exact) mass is 273 g/mol. The van der Waals surface area contributed by atoms with Crippen LogP contribution in [0.3, 0.4) is 0 Å². The van der Waals surface area contributed by atoms with Crippen molar-refractivity contribution in [2.45, 2.75) is 44.1 Å². The fourth-order valence-corrected chi connectivity index (χ4v) is 2.51. The van der Waals surface area contributed by atoms with Gasteiger partial charge < -0.3 is 9.84 Å². The summed E-state index contributed by atoms with van der Waals surface area (Å²) in [6, 6.07) is 9.66. The van der Waals surface area contributed by atoms with Gasteiger partial charge in [0.25, 0.3) is 0 Å². The van der Waals surface area contributed by atoms with Crippen molar-refractivity contribution in [3.05, 3.63) is 35.4 Å². The summed E-state index contributed by atoms with van der Waals surface area (Å²) in [6.07, 6.45) is 4.05. The third kappa shape index (κ3) is 4.07. The van der Waals surface area contributed by atoms with Gasteiger partial charge in [-0.15, -0.1) is 0 Å². The van der Waals surface area contributed by atoms with Gasteiger partial charge in [0.1, 0.15) is 0 Å². The minimum atomic E-state index is -0.875. The predicted molar refractivity (Wildman–Crippen MR) is 73.9 cm³/mol. The molecule has 2 rings (SSSR count). The van der Waals surface area contributed by atoms with E-state index in [1.54, 1.807) is 0 Å². The summed E-state index contributed by atoms with van der Waals surface area (Å²) in [7, 11) is 0. The zero-order valence-electron chi connectivity index (χ0n) is 11.5. The minimum Gasteiger partial charge on any atom is -0.465 e. The van der Waals surface area contributed by atoms with E-state index in [4.69, 9.17) is 10.00 Å². The number of aliphatic hydroxyl groups is 1. The van der Waals surface area contributed by atoms with Crippen LogP contribution in [0.5, 0.6) is 0 Å². The Morgan fingerprint density at radius 3 is 2.70 bits per heavy atom.